The van der Waals surface area contributed by atoms with E-state index in [4.69, 9.17) is 20.4 Å². The minimum atomic E-state index is -1.08. The van der Waals surface area contributed by atoms with Gasteiger partial charge in [-0.25, -0.2) is 15.0 Å². The summed E-state index contributed by atoms with van der Waals surface area (Å²) in [6.07, 6.45) is 5.43. The molecular weight excluding hydrogens is 330 g/mol. The van der Waals surface area contributed by atoms with Gasteiger partial charge in [0.2, 0.25) is 0 Å². The highest BCUT2D eigenvalue weighted by Crippen LogP contribution is 2.41. The van der Waals surface area contributed by atoms with Gasteiger partial charge in [-0.2, -0.15) is 0 Å². The Balaban J connectivity index is 1.85. The van der Waals surface area contributed by atoms with Gasteiger partial charge in [0.15, 0.2) is 17.0 Å². The number of imidazole rings is 1. The second-order valence-corrected chi connectivity index (χ2v) is 13.9. The SMILES string of the molecule is CCCCc1nc(N)c2nc(C3CC3)n(COCC[Si](C)(C)C)c2n1. The van der Waals surface area contributed by atoms with Crippen LogP contribution in [0.5, 0.6) is 0 Å². The van der Waals surface area contributed by atoms with Gasteiger partial charge in [-0.15, -0.1) is 0 Å². The summed E-state index contributed by atoms with van der Waals surface area (Å²) in [5.74, 6) is 2.90. The third-order valence-electron chi connectivity index (χ3n) is 4.61. The predicted octanol–water partition coefficient (Wildman–Crippen LogP) is 3.94. The molecular formula is C18H31N5OSi. The number of ether oxygens (including phenoxy) is 1. The van der Waals surface area contributed by atoms with E-state index in [1.165, 1.54) is 12.8 Å². The van der Waals surface area contributed by atoms with Crippen LogP contribution in [0.3, 0.4) is 0 Å². The number of nitrogens with zero attached hydrogens (tertiary/aromatic N) is 4. The molecule has 1 aliphatic rings. The summed E-state index contributed by atoms with van der Waals surface area (Å²) in [7, 11) is -1.08. The number of anilines is 1. The van der Waals surface area contributed by atoms with E-state index >= 15 is 0 Å². The molecule has 138 valence electrons. The number of aromatic nitrogens is 4. The molecule has 6 nitrogen and oxygen atoms in total. The fourth-order valence-electron chi connectivity index (χ4n) is 2.85. The summed E-state index contributed by atoms with van der Waals surface area (Å²) in [6.45, 7) is 10.6. The Bertz CT molecular complexity index is 733. The first-order valence-corrected chi connectivity index (χ1v) is 13.2. The Labute approximate surface area is 151 Å². The molecule has 1 saturated carbocycles. The molecule has 2 aromatic rings. The molecule has 25 heavy (non-hydrogen) atoms. The van der Waals surface area contributed by atoms with E-state index in [0.29, 0.717) is 18.5 Å². The van der Waals surface area contributed by atoms with Crippen molar-refractivity contribution < 1.29 is 4.74 Å². The third-order valence-corrected chi connectivity index (χ3v) is 6.31. The molecule has 0 aromatic carbocycles. The van der Waals surface area contributed by atoms with Crippen molar-refractivity contribution in [1.82, 2.24) is 19.5 Å². The Morgan fingerprint density at radius 3 is 2.60 bits per heavy atom. The molecule has 2 N–H and O–H groups in total. The van der Waals surface area contributed by atoms with Crippen LogP contribution in [0.25, 0.3) is 11.2 Å². The highest BCUT2D eigenvalue weighted by molar-refractivity contribution is 6.76. The molecule has 0 unspecified atom stereocenters. The van der Waals surface area contributed by atoms with Crippen LogP contribution in [-0.2, 0) is 17.9 Å². The third kappa shape index (κ3) is 4.58. The predicted molar refractivity (Wildman–Crippen MR) is 104 cm³/mol. The first kappa shape index (κ1) is 18.3. The highest BCUT2D eigenvalue weighted by atomic mass is 28.3. The number of rotatable bonds is 9. The molecule has 3 rings (SSSR count). The summed E-state index contributed by atoms with van der Waals surface area (Å²) in [5, 5.41) is 0. The monoisotopic (exact) mass is 361 g/mol. The minimum Gasteiger partial charge on any atom is -0.382 e. The van der Waals surface area contributed by atoms with Crippen LogP contribution in [0.2, 0.25) is 25.7 Å². The average Bonchev–Trinajstić information content (AvgIpc) is 3.31. The first-order chi connectivity index (χ1) is 11.9. The first-order valence-electron chi connectivity index (χ1n) is 9.49. The lowest BCUT2D eigenvalue weighted by molar-refractivity contribution is 0.0875. The van der Waals surface area contributed by atoms with Crippen molar-refractivity contribution >= 4 is 25.1 Å². The van der Waals surface area contributed by atoms with Gasteiger partial charge in [-0.3, -0.25) is 4.57 Å². The van der Waals surface area contributed by atoms with Crippen molar-refractivity contribution in [3.63, 3.8) is 0 Å². The lowest BCUT2D eigenvalue weighted by Gasteiger charge is -2.16. The van der Waals surface area contributed by atoms with E-state index in [1.807, 2.05) is 0 Å². The number of aryl methyl sites for hydroxylation is 1. The number of hydrogen-bond acceptors (Lipinski definition) is 5. The van der Waals surface area contributed by atoms with Gasteiger partial charge in [0.05, 0.1) is 0 Å². The topological polar surface area (TPSA) is 78.8 Å². The maximum atomic E-state index is 6.18. The smallest absolute Gasteiger partial charge is 0.167 e. The van der Waals surface area contributed by atoms with Crippen LogP contribution in [-0.4, -0.2) is 34.2 Å². The maximum absolute atomic E-state index is 6.18. The van der Waals surface area contributed by atoms with Gasteiger partial charge in [0.25, 0.3) is 0 Å². The summed E-state index contributed by atoms with van der Waals surface area (Å²) in [4.78, 5) is 14.0. The molecule has 1 aliphatic carbocycles. The number of hydrogen-bond donors (Lipinski definition) is 1. The van der Waals surface area contributed by atoms with Crippen LogP contribution < -0.4 is 5.73 Å². The fraction of sp³-hybridized carbons (Fsp3) is 0.722. The largest absolute Gasteiger partial charge is 0.382 e. The maximum Gasteiger partial charge on any atom is 0.167 e. The zero-order chi connectivity index (χ0) is 18.0. The van der Waals surface area contributed by atoms with E-state index in [-0.39, 0.29) is 0 Å². The van der Waals surface area contributed by atoms with Crippen LogP contribution in [0, 0.1) is 0 Å². The van der Waals surface area contributed by atoms with Crippen LogP contribution in [0.1, 0.15) is 50.2 Å². The number of nitrogens with two attached hydrogens (primary N) is 1. The van der Waals surface area contributed by atoms with Crippen molar-refractivity contribution in [2.75, 3.05) is 12.3 Å². The minimum absolute atomic E-state index is 0.499. The quantitative estimate of drug-likeness (QED) is 0.540. The van der Waals surface area contributed by atoms with Crippen molar-refractivity contribution in [3.05, 3.63) is 11.6 Å². The number of fused-ring (bicyclic) bond motifs is 1. The summed E-state index contributed by atoms with van der Waals surface area (Å²) in [5.41, 5.74) is 7.75. The number of unbranched alkanes of at least 4 members (excludes halogenated alkanes) is 1. The van der Waals surface area contributed by atoms with Crippen LogP contribution in [0.4, 0.5) is 5.82 Å². The molecule has 0 saturated heterocycles. The van der Waals surface area contributed by atoms with Crippen molar-refractivity contribution in [3.8, 4) is 0 Å². The number of nitrogen functional groups attached to an aromatic ring is 1. The molecule has 0 aliphatic heterocycles. The Hall–Kier alpha value is -1.47. The Kier molecular flexibility index (Phi) is 5.43. The summed E-state index contributed by atoms with van der Waals surface area (Å²) < 4.78 is 8.13. The van der Waals surface area contributed by atoms with Gasteiger partial charge in [0, 0.05) is 27.0 Å². The van der Waals surface area contributed by atoms with E-state index in [1.54, 1.807) is 0 Å². The van der Waals surface area contributed by atoms with Gasteiger partial charge in [-0.05, 0) is 25.3 Å². The second kappa shape index (κ2) is 7.41. The van der Waals surface area contributed by atoms with E-state index in [2.05, 4.69) is 36.1 Å². The second-order valence-electron chi connectivity index (χ2n) is 8.32. The van der Waals surface area contributed by atoms with Gasteiger partial charge < -0.3 is 10.5 Å². The van der Waals surface area contributed by atoms with Crippen molar-refractivity contribution in [1.29, 1.82) is 0 Å². The van der Waals surface area contributed by atoms with Gasteiger partial charge >= 0.3 is 0 Å². The van der Waals surface area contributed by atoms with Crippen molar-refractivity contribution in [2.45, 2.75) is 77.4 Å². The Morgan fingerprint density at radius 2 is 1.96 bits per heavy atom. The van der Waals surface area contributed by atoms with E-state index < -0.39 is 8.07 Å². The van der Waals surface area contributed by atoms with Gasteiger partial charge in [0.1, 0.15) is 18.4 Å². The fourth-order valence-corrected chi connectivity index (χ4v) is 3.60. The normalized spacial score (nSPS) is 15.2. The lowest BCUT2D eigenvalue weighted by atomic mass is 10.2. The molecule has 0 spiro atoms. The van der Waals surface area contributed by atoms with Crippen LogP contribution in [0.15, 0.2) is 0 Å². The molecule has 0 bridgehead atoms. The molecule has 0 atom stereocenters. The van der Waals surface area contributed by atoms with Crippen LogP contribution >= 0.6 is 0 Å². The van der Waals surface area contributed by atoms with E-state index in [0.717, 1.165) is 54.7 Å². The van der Waals surface area contributed by atoms with Crippen molar-refractivity contribution in [2.24, 2.45) is 0 Å². The molecule has 2 aromatic heterocycles. The molecule has 2 heterocycles. The molecule has 0 amide bonds. The Morgan fingerprint density at radius 1 is 1.20 bits per heavy atom. The zero-order valence-corrected chi connectivity index (χ0v) is 17.0. The highest BCUT2D eigenvalue weighted by Gasteiger charge is 2.31. The lowest BCUT2D eigenvalue weighted by Crippen LogP contribution is -2.22. The summed E-state index contributed by atoms with van der Waals surface area (Å²) in [6, 6.07) is 1.16. The summed E-state index contributed by atoms with van der Waals surface area (Å²) >= 11 is 0. The molecule has 7 heteroatoms. The molecule has 1 fully saturated rings. The average molecular weight is 362 g/mol. The van der Waals surface area contributed by atoms with E-state index in [9.17, 15) is 0 Å². The molecule has 0 radical (unpaired) electrons. The zero-order valence-electron chi connectivity index (χ0n) is 16.0. The standard InChI is InChI=1S/C18H31N5OSi/c1-5-6-7-14-20-16(19)15-18(21-14)23(17(22-15)13-8-9-13)12-24-10-11-25(2,3)4/h13H,5-12H2,1-4H3,(H2,19,20,21). The van der Waals surface area contributed by atoms with Gasteiger partial charge in [-0.1, -0.05) is 33.0 Å².